The van der Waals surface area contributed by atoms with Crippen molar-refractivity contribution in [3.05, 3.63) is 83.3 Å². The number of anilines is 2. The Morgan fingerprint density at radius 2 is 1.77 bits per heavy atom. The number of hydrogen-bond acceptors (Lipinski definition) is 3. The van der Waals surface area contributed by atoms with Crippen LogP contribution in [0.1, 0.15) is 5.56 Å². The van der Waals surface area contributed by atoms with Crippen molar-refractivity contribution in [1.82, 2.24) is 9.97 Å². The van der Waals surface area contributed by atoms with Crippen molar-refractivity contribution >= 4 is 33.9 Å². The molecule has 1 N–H and O–H groups in total. The first-order valence-electron chi connectivity index (χ1n) is 8.16. The Hall–Kier alpha value is -2.98. The van der Waals surface area contributed by atoms with Gasteiger partial charge >= 0.3 is 0 Å². The molecule has 2 heterocycles. The normalized spacial score (nSPS) is 10.9. The van der Waals surface area contributed by atoms with Crippen molar-refractivity contribution < 1.29 is 4.39 Å². The van der Waals surface area contributed by atoms with Gasteiger partial charge in [-0.1, -0.05) is 23.7 Å². The molecule has 0 radical (unpaired) electrons. The van der Waals surface area contributed by atoms with Crippen molar-refractivity contribution in [2.45, 2.75) is 6.92 Å². The van der Waals surface area contributed by atoms with E-state index >= 15 is 0 Å². The monoisotopic (exact) mass is 363 g/mol. The summed E-state index contributed by atoms with van der Waals surface area (Å²) in [6.45, 7) is 2.00. The van der Waals surface area contributed by atoms with E-state index in [1.54, 1.807) is 18.3 Å². The standard InChI is InChI=1S/C21H15ClFN3/c1-13-12-17(22)21(25-15-7-5-14(23)6-8-15)20-16(13)9-10-19(26-20)18-4-2-3-11-24-18/h2-12,25H,1H3. The van der Waals surface area contributed by atoms with E-state index in [9.17, 15) is 4.39 Å². The van der Waals surface area contributed by atoms with E-state index in [2.05, 4.69) is 10.3 Å². The maximum absolute atomic E-state index is 13.2. The van der Waals surface area contributed by atoms with Crippen LogP contribution in [0.25, 0.3) is 22.3 Å². The van der Waals surface area contributed by atoms with E-state index in [-0.39, 0.29) is 5.82 Å². The summed E-state index contributed by atoms with van der Waals surface area (Å²) >= 11 is 6.50. The highest BCUT2D eigenvalue weighted by Gasteiger charge is 2.13. The number of hydrogen-bond donors (Lipinski definition) is 1. The van der Waals surface area contributed by atoms with Crippen LogP contribution in [-0.4, -0.2) is 9.97 Å². The molecule has 2 aromatic heterocycles. The Balaban J connectivity index is 1.88. The molecule has 2 aromatic carbocycles. The Labute approximate surface area is 155 Å². The molecule has 4 rings (SSSR count). The van der Waals surface area contributed by atoms with Crippen LogP contribution in [0.5, 0.6) is 0 Å². The molecule has 0 aliphatic carbocycles. The maximum atomic E-state index is 13.2. The Kier molecular flexibility index (Phi) is 4.27. The number of aromatic nitrogens is 2. The summed E-state index contributed by atoms with van der Waals surface area (Å²) in [6, 6.07) is 17.7. The summed E-state index contributed by atoms with van der Waals surface area (Å²) in [5.74, 6) is -0.286. The van der Waals surface area contributed by atoms with Gasteiger partial charge in [-0.15, -0.1) is 0 Å². The maximum Gasteiger partial charge on any atom is 0.123 e. The van der Waals surface area contributed by atoms with Crippen LogP contribution < -0.4 is 5.32 Å². The fourth-order valence-corrected chi connectivity index (χ4v) is 3.17. The molecule has 5 heteroatoms. The first-order chi connectivity index (χ1) is 12.6. The SMILES string of the molecule is Cc1cc(Cl)c(Nc2ccc(F)cc2)c2nc(-c3ccccn3)ccc12. The summed E-state index contributed by atoms with van der Waals surface area (Å²) in [5.41, 5.74) is 4.78. The first-order valence-corrected chi connectivity index (χ1v) is 8.53. The number of nitrogens with one attached hydrogen (secondary N) is 1. The highest BCUT2D eigenvalue weighted by molar-refractivity contribution is 6.35. The molecule has 26 heavy (non-hydrogen) atoms. The van der Waals surface area contributed by atoms with E-state index < -0.39 is 0 Å². The van der Waals surface area contributed by atoms with Gasteiger partial charge < -0.3 is 5.32 Å². The molecule has 0 aliphatic rings. The minimum absolute atomic E-state index is 0.286. The van der Waals surface area contributed by atoms with Gasteiger partial charge in [0, 0.05) is 17.3 Å². The van der Waals surface area contributed by atoms with Crippen molar-refractivity contribution in [2.75, 3.05) is 5.32 Å². The number of fused-ring (bicyclic) bond motifs is 1. The lowest BCUT2D eigenvalue weighted by molar-refractivity contribution is 0.628. The van der Waals surface area contributed by atoms with Crippen LogP contribution in [0.2, 0.25) is 5.02 Å². The number of rotatable bonds is 3. The molecule has 4 aromatic rings. The van der Waals surface area contributed by atoms with Crippen molar-refractivity contribution in [2.24, 2.45) is 0 Å². The van der Waals surface area contributed by atoms with Gasteiger partial charge in [-0.05, 0) is 61.0 Å². The van der Waals surface area contributed by atoms with E-state index in [1.165, 1.54) is 12.1 Å². The fraction of sp³-hybridized carbons (Fsp3) is 0.0476. The van der Waals surface area contributed by atoms with Crippen LogP contribution in [0.4, 0.5) is 15.8 Å². The van der Waals surface area contributed by atoms with Gasteiger partial charge in [0.2, 0.25) is 0 Å². The minimum atomic E-state index is -0.286. The molecule has 0 saturated heterocycles. The van der Waals surface area contributed by atoms with Crippen LogP contribution in [-0.2, 0) is 0 Å². The highest BCUT2D eigenvalue weighted by Crippen LogP contribution is 2.35. The topological polar surface area (TPSA) is 37.8 Å². The zero-order valence-corrected chi connectivity index (χ0v) is 14.8. The van der Waals surface area contributed by atoms with Crippen molar-refractivity contribution in [1.29, 1.82) is 0 Å². The summed E-state index contributed by atoms with van der Waals surface area (Å²) in [7, 11) is 0. The van der Waals surface area contributed by atoms with Gasteiger partial charge in [0.05, 0.1) is 27.6 Å². The van der Waals surface area contributed by atoms with E-state index in [1.807, 2.05) is 43.3 Å². The average molecular weight is 364 g/mol. The third kappa shape index (κ3) is 3.11. The van der Waals surface area contributed by atoms with Crippen LogP contribution in [0, 0.1) is 12.7 Å². The zero-order valence-electron chi connectivity index (χ0n) is 14.0. The second kappa shape index (κ2) is 6.73. The summed E-state index contributed by atoms with van der Waals surface area (Å²) in [6.07, 6.45) is 1.74. The second-order valence-electron chi connectivity index (χ2n) is 5.99. The number of aryl methyl sites for hydroxylation is 1. The predicted molar refractivity (Wildman–Crippen MR) is 104 cm³/mol. The smallest absolute Gasteiger partial charge is 0.123 e. The van der Waals surface area contributed by atoms with Gasteiger partial charge in [0.1, 0.15) is 5.82 Å². The third-order valence-electron chi connectivity index (χ3n) is 4.18. The molecule has 128 valence electrons. The molecule has 0 saturated carbocycles. The van der Waals surface area contributed by atoms with Crippen molar-refractivity contribution in [3.8, 4) is 11.4 Å². The molecule has 0 fully saturated rings. The number of nitrogens with zero attached hydrogens (tertiary/aromatic N) is 2. The third-order valence-corrected chi connectivity index (χ3v) is 4.48. The van der Waals surface area contributed by atoms with E-state index in [4.69, 9.17) is 16.6 Å². The van der Waals surface area contributed by atoms with Gasteiger partial charge in [0.25, 0.3) is 0 Å². The summed E-state index contributed by atoms with van der Waals surface area (Å²) in [5, 5.41) is 4.83. The lowest BCUT2D eigenvalue weighted by atomic mass is 10.1. The molecule has 0 unspecified atom stereocenters. The quantitative estimate of drug-likeness (QED) is 0.475. The van der Waals surface area contributed by atoms with Crippen LogP contribution >= 0.6 is 11.6 Å². The minimum Gasteiger partial charge on any atom is -0.353 e. The molecular formula is C21H15ClFN3. The molecule has 0 spiro atoms. The molecule has 0 aliphatic heterocycles. The molecule has 0 atom stereocenters. The first kappa shape index (κ1) is 16.5. The summed E-state index contributed by atoms with van der Waals surface area (Å²) in [4.78, 5) is 9.16. The largest absolute Gasteiger partial charge is 0.353 e. The lowest BCUT2D eigenvalue weighted by Crippen LogP contribution is -1.97. The Morgan fingerprint density at radius 1 is 0.962 bits per heavy atom. The highest BCUT2D eigenvalue weighted by atomic mass is 35.5. The predicted octanol–water partition coefficient (Wildman–Crippen LogP) is 6.14. The molecule has 0 bridgehead atoms. The number of benzene rings is 2. The lowest BCUT2D eigenvalue weighted by Gasteiger charge is -2.14. The Morgan fingerprint density at radius 3 is 2.50 bits per heavy atom. The Bertz CT molecular complexity index is 1080. The molecule has 0 amide bonds. The van der Waals surface area contributed by atoms with Crippen molar-refractivity contribution in [3.63, 3.8) is 0 Å². The fourth-order valence-electron chi connectivity index (χ4n) is 2.87. The average Bonchev–Trinajstić information content (AvgIpc) is 2.67. The zero-order chi connectivity index (χ0) is 18.1. The van der Waals surface area contributed by atoms with Crippen LogP contribution in [0.15, 0.2) is 66.9 Å². The number of pyridine rings is 2. The summed E-state index contributed by atoms with van der Waals surface area (Å²) < 4.78 is 13.2. The number of halogens is 2. The van der Waals surface area contributed by atoms with Gasteiger partial charge in [-0.3, -0.25) is 4.98 Å². The van der Waals surface area contributed by atoms with E-state index in [0.717, 1.165) is 33.5 Å². The van der Waals surface area contributed by atoms with Gasteiger partial charge in [-0.25, -0.2) is 9.37 Å². The van der Waals surface area contributed by atoms with E-state index in [0.29, 0.717) is 10.7 Å². The second-order valence-corrected chi connectivity index (χ2v) is 6.40. The van der Waals surface area contributed by atoms with Crippen LogP contribution in [0.3, 0.4) is 0 Å². The van der Waals surface area contributed by atoms with Gasteiger partial charge in [-0.2, -0.15) is 0 Å². The van der Waals surface area contributed by atoms with Gasteiger partial charge in [0.15, 0.2) is 0 Å². The molecule has 3 nitrogen and oxygen atoms in total. The molecular weight excluding hydrogens is 349 g/mol.